The molecule has 0 bridgehead atoms. The number of ether oxygens (including phenoxy) is 2. The first kappa shape index (κ1) is 26.4. The molecular formula is C30H32N2O4S. The summed E-state index contributed by atoms with van der Waals surface area (Å²) in [7, 11) is 3.19. The van der Waals surface area contributed by atoms with Crippen molar-refractivity contribution in [3.63, 3.8) is 0 Å². The van der Waals surface area contributed by atoms with Crippen molar-refractivity contribution < 1.29 is 19.1 Å². The maximum absolute atomic E-state index is 12.9. The molecule has 0 aromatic heterocycles. The molecule has 3 aromatic carbocycles. The lowest BCUT2D eigenvalue weighted by atomic mass is 10.0. The van der Waals surface area contributed by atoms with Crippen molar-refractivity contribution in [1.29, 1.82) is 0 Å². The van der Waals surface area contributed by atoms with Crippen LogP contribution in [-0.4, -0.2) is 26.0 Å². The van der Waals surface area contributed by atoms with E-state index < -0.39 is 0 Å². The number of para-hydroxylation sites is 1. The van der Waals surface area contributed by atoms with Gasteiger partial charge < -0.3 is 20.1 Å². The van der Waals surface area contributed by atoms with Crippen molar-refractivity contribution in [2.24, 2.45) is 5.41 Å². The van der Waals surface area contributed by atoms with Gasteiger partial charge in [-0.05, 0) is 61.2 Å². The number of methoxy groups -OCH3 is 2. The Bertz CT molecular complexity index is 1290. The highest BCUT2D eigenvalue weighted by molar-refractivity contribution is 7.98. The summed E-state index contributed by atoms with van der Waals surface area (Å²) >= 11 is 1.63. The number of nitrogens with one attached hydrogen (secondary N) is 2. The molecule has 0 radical (unpaired) electrons. The van der Waals surface area contributed by atoms with Crippen LogP contribution in [0.1, 0.15) is 40.7 Å². The van der Waals surface area contributed by atoms with Gasteiger partial charge >= 0.3 is 0 Å². The molecule has 2 amide bonds. The molecule has 192 valence electrons. The zero-order valence-electron chi connectivity index (χ0n) is 21.2. The second-order valence-corrected chi connectivity index (χ2v) is 10.1. The molecule has 0 aliphatic heterocycles. The molecule has 3 aromatic rings. The Morgan fingerprint density at radius 2 is 1.84 bits per heavy atom. The van der Waals surface area contributed by atoms with E-state index in [1.54, 1.807) is 38.1 Å². The monoisotopic (exact) mass is 516 g/mol. The third kappa shape index (κ3) is 6.54. The van der Waals surface area contributed by atoms with Gasteiger partial charge in [0, 0.05) is 34.4 Å². The summed E-state index contributed by atoms with van der Waals surface area (Å²) in [6.45, 7) is 4.13. The van der Waals surface area contributed by atoms with Gasteiger partial charge in [-0.2, -0.15) is 0 Å². The van der Waals surface area contributed by atoms with Crippen LogP contribution < -0.4 is 20.1 Å². The minimum atomic E-state index is -0.295. The molecule has 0 atom stereocenters. The first-order chi connectivity index (χ1) is 18.0. The van der Waals surface area contributed by atoms with E-state index in [2.05, 4.69) is 17.2 Å². The number of rotatable bonds is 12. The Morgan fingerprint density at radius 3 is 2.57 bits per heavy atom. The van der Waals surface area contributed by atoms with Crippen LogP contribution in [0.2, 0.25) is 0 Å². The molecule has 2 N–H and O–H groups in total. The Kier molecular flexibility index (Phi) is 8.56. The fourth-order valence-corrected chi connectivity index (χ4v) is 5.09. The quantitative estimate of drug-likeness (QED) is 0.221. The van der Waals surface area contributed by atoms with E-state index in [4.69, 9.17) is 9.47 Å². The minimum Gasteiger partial charge on any atom is -0.497 e. The minimum absolute atomic E-state index is 0.0626. The van der Waals surface area contributed by atoms with Crippen LogP contribution in [0.5, 0.6) is 11.5 Å². The van der Waals surface area contributed by atoms with E-state index in [1.165, 1.54) is 0 Å². The Labute approximate surface area is 222 Å². The molecule has 1 saturated carbocycles. The maximum atomic E-state index is 12.9. The topological polar surface area (TPSA) is 76.7 Å². The van der Waals surface area contributed by atoms with Gasteiger partial charge in [-0.25, -0.2) is 0 Å². The molecule has 0 heterocycles. The summed E-state index contributed by atoms with van der Waals surface area (Å²) in [6.07, 6.45) is 4.33. The number of carbonyl (C=O) groups excluding carboxylic acids is 2. The lowest BCUT2D eigenvalue weighted by molar-refractivity contribution is -0.121. The Morgan fingerprint density at radius 1 is 1.03 bits per heavy atom. The lowest BCUT2D eigenvalue weighted by Gasteiger charge is -2.16. The average Bonchev–Trinajstić information content (AvgIpc) is 3.72. The second-order valence-electron chi connectivity index (χ2n) is 9.07. The molecule has 4 rings (SSSR count). The predicted octanol–water partition coefficient (Wildman–Crippen LogP) is 6.22. The fraction of sp³-hybridized carbons (Fsp3) is 0.267. The van der Waals surface area contributed by atoms with E-state index in [1.807, 2.05) is 60.7 Å². The van der Waals surface area contributed by atoms with Crippen LogP contribution >= 0.6 is 11.8 Å². The van der Waals surface area contributed by atoms with Gasteiger partial charge in [0.2, 0.25) is 5.91 Å². The smallest absolute Gasteiger partial charge is 0.251 e. The zero-order chi connectivity index (χ0) is 26.3. The van der Waals surface area contributed by atoms with Crippen molar-refractivity contribution in [3.8, 4) is 11.5 Å². The molecule has 0 saturated heterocycles. The van der Waals surface area contributed by atoms with Gasteiger partial charge in [-0.3, -0.25) is 9.59 Å². The van der Waals surface area contributed by atoms with Crippen molar-refractivity contribution in [2.45, 2.75) is 36.5 Å². The van der Waals surface area contributed by atoms with Gasteiger partial charge in [-0.15, -0.1) is 18.3 Å². The maximum Gasteiger partial charge on any atom is 0.251 e. The number of benzene rings is 3. The SMILES string of the molecule is C=CCC1(C(=O)Nc2ccccc2SCc2cccc(C(=O)NCc3ccc(OC)cc3OC)c2)CC1. The Hall–Kier alpha value is -3.71. The summed E-state index contributed by atoms with van der Waals surface area (Å²) < 4.78 is 10.7. The number of hydrogen-bond acceptors (Lipinski definition) is 5. The van der Waals surface area contributed by atoms with E-state index in [9.17, 15) is 9.59 Å². The highest BCUT2D eigenvalue weighted by Crippen LogP contribution is 2.50. The van der Waals surface area contributed by atoms with Crippen LogP contribution in [0, 0.1) is 5.41 Å². The molecule has 0 spiro atoms. The van der Waals surface area contributed by atoms with Crippen LogP contribution in [0.4, 0.5) is 5.69 Å². The number of amides is 2. The van der Waals surface area contributed by atoms with E-state index >= 15 is 0 Å². The number of hydrogen-bond donors (Lipinski definition) is 2. The van der Waals surface area contributed by atoms with Gasteiger partial charge in [-0.1, -0.05) is 30.3 Å². The molecular weight excluding hydrogens is 484 g/mol. The first-order valence-electron chi connectivity index (χ1n) is 12.2. The highest BCUT2D eigenvalue weighted by atomic mass is 32.2. The molecule has 7 heteroatoms. The largest absolute Gasteiger partial charge is 0.497 e. The third-order valence-corrected chi connectivity index (χ3v) is 7.67. The highest BCUT2D eigenvalue weighted by Gasteiger charge is 2.48. The van der Waals surface area contributed by atoms with Crippen LogP contribution in [0.3, 0.4) is 0 Å². The van der Waals surface area contributed by atoms with Crippen molar-refractivity contribution in [1.82, 2.24) is 5.32 Å². The summed E-state index contributed by atoms with van der Waals surface area (Å²) in [5, 5.41) is 6.09. The van der Waals surface area contributed by atoms with E-state index in [0.717, 1.165) is 34.6 Å². The molecule has 6 nitrogen and oxygen atoms in total. The second kappa shape index (κ2) is 12.0. The summed E-state index contributed by atoms with van der Waals surface area (Å²) in [5.74, 6) is 1.93. The summed E-state index contributed by atoms with van der Waals surface area (Å²) in [6, 6.07) is 20.9. The van der Waals surface area contributed by atoms with Crippen LogP contribution in [0.25, 0.3) is 0 Å². The molecule has 1 aliphatic rings. The fourth-order valence-electron chi connectivity index (χ4n) is 4.14. The van der Waals surface area contributed by atoms with Gasteiger partial charge in [0.1, 0.15) is 11.5 Å². The van der Waals surface area contributed by atoms with Crippen molar-refractivity contribution in [3.05, 3.63) is 96.1 Å². The van der Waals surface area contributed by atoms with E-state index in [0.29, 0.717) is 35.8 Å². The van der Waals surface area contributed by atoms with Crippen molar-refractivity contribution >= 4 is 29.3 Å². The number of thioether (sulfide) groups is 1. The van der Waals surface area contributed by atoms with Crippen LogP contribution in [-0.2, 0) is 17.1 Å². The van der Waals surface area contributed by atoms with Gasteiger partial charge in [0.05, 0.1) is 25.3 Å². The predicted molar refractivity (Wildman–Crippen MR) is 148 cm³/mol. The number of carbonyl (C=O) groups is 2. The number of allylic oxidation sites excluding steroid dienone is 1. The van der Waals surface area contributed by atoms with Crippen molar-refractivity contribution in [2.75, 3.05) is 19.5 Å². The summed E-state index contributed by atoms with van der Waals surface area (Å²) in [5.41, 5.74) is 2.99. The van der Waals surface area contributed by atoms with Gasteiger partial charge in [0.15, 0.2) is 0 Å². The molecule has 0 unspecified atom stereocenters. The van der Waals surface area contributed by atoms with E-state index in [-0.39, 0.29) is 17.2 Å². The summed E-state index contributed by atoms with van der Waals surface area (Å²) in [4.78, 5) is 26.7. The van der Waals surface area contributed by atoms with Crippen LogP contribution in [0.15, 0.2) is 84.3 Å². The first-order valence-corrected chi connectivity index (χ1v) is 13.2. The molecule has 1 aliphatic carbocycles. The third-order valence-electron chi connectivity index (χ3n) is 6.52. The standard InChI is InChI=1S/C30H32N2O4S/c1-4-14-30(15-16-30)29(34)32-25-10-5-6-11-27(25)37-20-21-8-7-9-22(17-21)28(33)31-19-23-12-13-24(35-2)18-26(23)36-3/h4-13,17-18H,1,14-16,19-20H2,2-3H3,(H,31,33)(H,32,34). The number of anilines is 1. The lowest BCUT2D eigenvalue weighted by Crippen LogP contribution is -2.24. The zero-order valence-corrected chi connectivity index (χ0v) is 22.0. The molecule has 37 heavy (non-hydrogen) atoms. The molecule has 1 fully saturated rings. The Balaban J connectivity index is 1.37. The van der Waals surface area contributed by atoms with Gasteiger partial charge in [0.25, 0.3) is 5.91 Å². The average molecular weight is 517 g/mol. The normalized spacial score (nSPS) is 13.4.